The summed E-state index contributed by atoms with van der Waals surface area (Å²) in [5.74, 6) is 0.615. The third-order valence-corrected chi connectivity index (χ3v) is 6.32. The molecule has 0 aliphatic rings. The number of nitrogens with two attached hydrogens (primary N) is 1. The van der Waals surface area contributed by atoms with E-state index in [2.05, 4.69) is 9.88 Å². The molecule has 0 saturated heterocycles. The van der Waals surface area contributed by atoms with Gasteiger partial charge in [-0.25, -0.2) is 13.1 Å². The van der Waals surface area contributed by atoms with Gasteiger partial charge in [-0.2, -0.15) is 0 Å². The van der Waals surface area contributed by atoms with Gasteiger partial charge < -0.3 is 10.3 Å². The fraction of sp³-hybridized carbons (Fsp3) is 0.462. The largest absolute Gasteiger partial charge is 0.361 e. The lowest BCUT2D eigenvalue weighted by Crippen LogP contribution is -2.28. The molecule has 8 heteroatoms. The van der Waals surface area contributed by atoms with Crippen LogP contribution in [0.25, 0.3) is 0 Å². The molecule has 2 aromatic heterocycles. The molecule has 0 bridgehead atoms. The first-order valence-electron chi connectivity index (χ1n) is 6.50. The second-order valence-electron chi connectivity index (χ2n) is 4.96. The zero-order valence-electron chi connectivity index (χ0n) is 12.4. The number of hydrogen-bond acceptors (Lipinski definition) is 6. The molecule has 116 valence electrons. The predicted octanol–water partition coefficient (Wildman–Crippen LogP) is 2.16. The minimum Gasteiger partial charge on any atom is -0.361 e. The van der Waals surface area contributed by atoms with Crippen LogP contribution in [0.2, 0.25) is 0 Å². The number of hydrogen-bond donors (Lipinski definition) is 2. The highest BCUT2D eigenvalue weighted by Gasteiger charge is 2.27. The molecule has 0 amide bonds. The number of rotatable bonds is 5. The molecular weight excluding hydrogens is 310 g/mol. The predicted molar refractivity (Wildman–Crippen MR) is 81.7 cm³/mol. The molecule has 1 atom stereocenters. The van der Waals surface area contributed by atoms with E-state index >= 15 is 0 Å². The van der Waals surface area contributed by atoms with Crippen molar-refractivity contribution in [2.24, 2.45) is 5.73 Å². The maximum atomic E-state index is 12.6. The first-order chi connectivity index (χ1) is 9.77. The molecule has 0 fully saturated rings. The number of aryl methyl sites for hydroxylation is 3. The Morgan fingerprint density at radius 2 is 2.10 bits per heavy atom. The van der Waals surface area contributed by atoms with E-state index in [0.717, 1.165) is 5.56 Å². The molecule has 0 saturated carbocycles. The van der Waals surface area contributed by atoms with E-state index in [4.69, 9.17) is 10.3 Å². The quantitative estimate of drug-likeness (QED) is 0.876. The highest BCUT2D eigenvalue weighted by Crippen LogP contribution is 2.29. The van der Waals surface area contributed by atoms with Crippen molar-refractivity contribution in [1.29, 1.82) is 0 Å². The van der Waals surface area contributed by atoms with Gasteiger partial charge in [0.05, 0.1) is 5.69 Å². The smallest absolute Gasteiger partial charge is 0.242 e. The number of aromatic nitrogens is 1. The van der Waals surface area contributed by atoms with Crippen LogP contribution < -0.4 is 10.5 Å². The molecular formula is C13H19N3O3S2. The lowest BCUT2D eigenvalue weighted by molar-refractivity contribution is 0.391. The molecule has 2 aromatic rings. The number of nitrogens with zero attached hydrogens (tertiary/aromatic N) is 1. The molecule has 3 N–H and O–H groups in total. The lowest BCUT2D eigenvalue weighted by Gasteiger charge is -2.15. The van der Waals surface area contributed by atoms with Gasteiger partial charge in [-0.15, -0.1) is 11.3 Å². The summed E-state index contributed by atoms with van der Waals surface area (Å²) in [6.07, 6.45) is 0. The van der Waals surface area contributed by atoms with Crippen molar-refractivity contribution in [2.45, 2.75) is 45.2 Å². The summed E-state index contributed by atoms with van der Waals surface area (Å²) in [4.78, 5) is 0.944. The average Bonchev–Trinajstić information content (AvgIpc) is 2.92. The maximum Gasteiger partial charge on any atom is 0.242 e. The minimum absolute atomic E-state index is 0.203. The third-order valence-electron chi connectivity index (χ3n) is 3.30. The number of sulfonamides is 1. The molecule has 2 heterocycles. The lowest BCUT2D eigenvalue weighted by atomic mass is 10.1. The third kappa shape index (κ3) is 3.03. The summed E-state index contributed by atoms with van der Waals surface area (Å²) in [7, 11) is -3.64. The minimum atomic E-state index is -3.64. The van der Waals surface area contributed by atoms with Crippen LogP contribution in [0.5, 0.6) is 0 Å². The Bertz CT molecular complexity index is 727. The second-order valence-corrected chi connectivity index (χ2v) is 7.57. The van der Waals surface area contributed by atoms with E-state index in [1.165, 1.54) is 11.3 Å². The van der Waals surface area contributed by atoms with Crippen LogP contribution in [0, 0.1) is 20.8 Å². The van der Waals surface area contributed by atoms with Crippen molar-refractivity contribution in [2.75, 3.05) is 0 Å². The monoisotopic (exact) mass is 329 g/mol. The Kier molecular flexibility index (Phi) is 4.52. The summed E-state index contributed by atoms with van der Waals surface area (Å²) in [5.41, 5.74) is 7.78. The van der Waals surface area contributed by atoms with Crippen molar-refractivity contribution < 1.29 is 12.9 Å². The maximum absolute atomic E-state index is 12.6. The molecule has 0 aromatic carbocycles. The standard InChI is InChI=1S/C13H19N3O3S2/c1-7-6-20-11(5-14)13(7)21(17,18)16-9(3)12-8(2)15-19-10(12)4/h6,9,16H,5,14H2,1-4H3. The second kappa shape index (κ2) is 5.88. The van der Waals surface area contributed by atoms with Crippen molar-refractivity contribution >= 4 is 21.4 Å². The van der Waals surface area contributed by atoms with Crippen molar-refractivity contribution in [3.8, 4) is 0 Å². The zero-order valence-corrected chi connectivity index (χ0v) is 14.1. The Labute approximate surface area is 128 Å². The average molecular weight is 329 g/mol. The Balaban J connectivity index is 2.36. The van der Waals surface area contributed by atoms with Crippen LogP contribution >= 0.6 is 11.3 Å². The van der Waals surface area contributed by atoms with Crippen LogP contribution in [-0.4, -0.2) is 13.6 Å². The first kappa shape index (κ1) is 16.2. The van der Waals surface area contributed by atoms with E-state index in [9.17, 15) is 8.42 Å². The fourth-order valence-corrected chi connectivity index (χ4v) is 5.36. The highest BCUT2D eigenvalue weighted by atomic mass is 32.2. The van der Waals surface area contributed by atoms with E-state index in [1.54, 1.807) is 33.1 Å². The molecule has 0 aliphatic carbocycles. The van der Waals surface area contributed by atoms with Gasteiger partial charge in [0.15, 0.2) is 0 Å². The van der Waals surface area contributed by atoms with Crippen LogP contribution in [-0.2, 0) is 16.6 Å². The van der Waals surface area contributed by atoms with Gasteiger partial charge in [0.2, 0.25) is 10.0 Å². The molecule has 0 radical (unpaired) electrons. The molecule has 2 rings (SSSR count). The van der Waals surface area contributed by atoms with Crippen LogP contribution in [0.4, 0.5) is 0 Å². The fourth-order valence-electron chi connectivity index (χ4n) is 2.45. The molecule has 0 aliphatic heterocycles. The molecule has 21 heavy (non-hydrogen) atoms. The summed E-state index contributed by atoms with van der Waals surface area (Å²) < 4.78 is 33.0. The Hall–Kier alpha value is -1.22. The molecule has 1 unspecified atom stereocenters. The van der Waals surface area contributed by atoms with E-state index in [1.807, 2.05) is 0 Å². The van der Waals surface area contributed by atoms with Gasteiger partial charge in [0.1, 0.15) is 10.7 Å². The topological polar surface area (TPSA) is 98.2 Å². The summed E-state index contributed by atoms with van der Waals surface area (Å²) in [6, 6.07) is -0.425. The van der Waals surface area contributed by atoms with Gasteiger partial charge in [-0.05, 0) is 38.6 Å². The first-order valence-corrected chi connectivity index (χ1v) is 8.86. The number of nitrogens with one attached hydrogen (secondary N) is 1. The van der Waals surface area contributed by atoms with Gasteiger partial charge in [-0.3, -0.25) is 0 Å². The molecule has 0 spiro atoms. The highest BCUT2D eigenvalue weighted by molar-refractivity contribution is 7.89. The van der Waals surface area contributed by atoms with Crippen molar-refractivity contribution in [1.82, 2.24) is 9.88 Å². The van der Waals surface area contributed by atoms with Crippen LogP contribution in [0.15, 0.2) is 14.8 Å². The molecule has 6 nitrogen and oxygen atoms in total. The van der Waals surface area contributed by atoms with Gasteiger partial charge in [0.25, 0.3) is 0 Å². The van der Waals surface area contributed by atoms with Gasteiger partial charge in [0, 0.05) is 23.0 Å². The Morgan fingerprint density at radius 3 is 2.62 bits per heavy atom. The SMILES string of the molecule is Cc1csc(CN)c1S(=O)(=O)NC(C)c1c(C)noc1C. The Morgan fingerprint density at radius 1 is 1.43 bits per heavy atom. The zero-order chi connectivity index (χ0) is 15.8. The van der Waals surface area contributed by atoms with E-state index in [-0.39, 0.29) is 11.4 Å². The van der Waals surface area contributed by atoms with Gasteiger partial charge in [-0.1, -0.05) is 5.16 Å². The van der Waals surface area contributed by atoms with Crippen LogP contribution in [0.1, 0.15) is 40.4 Å². The van der Waals surface area contributed by atoms with E-state index in [0.29, 0.717) is 21.9 Å². The van der Waals surface area contributed by atoms with Crippen LogP contribution in [0.3, 0.4) is 0 Å². The normalized spacial score (nSPS) is 13.6. The number of thiophene rings is 1. The summed E-state index contributed by atoms with van der Waals surface area (Å²) in [6.45, 7) is 7.30. The summed E-state index contributed by atoms with van der Waals surface area (Å²) >= 11 is 1.36. The van der Waals surface area contributed by atoms with E-state index < -0.39 is 16.1 Å². The van der Waals surface area contributed by atoms with Crippen molar-refractivity contribution in [3.63, 3.8) is 0 Å². The summed E-state index contributed by atoms with van der Waals surface area (Å²) in [5, 5.41) is 5.66. The van der Waals surface area contributed by atoms with Crippen molar-refractivity contribution in [3.05, 3.63) is 32.8 Å². The van der Waals surface area contributed by atoms with Gasteiger partial charge >= 0.3 is 0 Å².